The Hall–Kier alpha value is -3.12. The van der Waals surface area contributed by atoms with Gasteiger partial charge in [-0.3, -0.25) is 9.69 Å². The van der Waals surface area contributed by atoms with Crippen LogP contribution in [0.2, 0.25) is 0 Å². The smallest absolute Gasteiger partial charge is 0.269 e. The second kappa shape index (κ2) is 9.59. The number of amides is 1. The number of carbonyl (C=O) groups is 1. The van der Waals surface area contributed by atoms with E-state index in [-0.39, 0.29) is 5.91 Å². The lowest BCUT2D eigenvalue weighted by Gasteiger charge is -2.20. The molecular weight excluding hydrogens is 376 g/mol. The minimum absolute atomic E-state index is 0.0993. The summed E-state index contributed by atoms with van der Waals surface area (Å²) in [7, 11) is 0. The number of nitrogens with one attached hydrogen (secondary N) is 1. The molecule has 0 unspecified atom stereocenters. The van der Waals surface area contributed by atoms with Crippen LogP contribution in [0.4, 0.5) is 0 Å². The molecule has 0 saturated heterocycles. The van der Waals surface area contributed by atoms with Gasteiger partial charge in [0, 0.05) is 32.6 Å². The number of aromatic nitrogens is 2. The van der Waals surface area contributed by atoms with Gasteiger partial charge < -0.3 is 14.6 Å². The quantitative estimate of drug-likeness (QED) is 0.615. The van der Waals surface area contributed by atoms with Gasteiger partial charge in [0.15, 0.2) is 0 Å². The van der Waals surface area contributed by atoms with Crippen molar-refractivity contribution < 1.29 is 9.53 Å². The van der Waals surface area contributed by atoms with E-state index in [1.807, 2.05) is 30.3 Å². The standard InChI is InChI=1S/C24H28N4O2/c1-19-7-5-6-8-20(19)18-27-13-11-23-26-17-22(28(23)15-14-27)24(29)25-12-16-30-21-9-3-2-4-10-21/h2-10,17H,11-16,18H2,1H3,(H,25,29). The van der Waals surface area contributed by atoms with Gasteiger partial charge in [0.1, 0.15) is 23.9 Å². The summed E-state index contributed by atoms with van der Waals surface area (Å²) < 4.78 is 7.70. The van der Waals surface area contributed by atoms with E-state index in [0.29, 0.717) is 18.8 Å². The van der Waals surface area contributed by atoms with E-state index in [0.717, 1.165) is 44.2 Å². The number of imidazole rings is 1. The lowest BCUT2D eigenvalue weighted by atomic mass is 10.1. The van der Waals surface area contributed by atoms with Crippen LogP contribution in [0.25, 0.3) is 0 Å². The molecule has 156 valence electrons. The second-order valence-corrected chi connectivity index (χ2v) is 7.58. The van der Waals surface area contributed by atoms with Gasteiger partial charge in [-0.05, 0) is 30.2 Å². The van der Waals surface area contributed by atoms with Gasteiger partial charge in [0.05, 0.1) is 12.7 Å². The Morgan fingerprint density at radius 2 is 1.87 bits per heavy atom. The van der Waals surface area contributed by atoms with Crippen molar-refractivity contribution in [1.82, 2.24) is 19.8 Å². The molecule has 0 saturated carbocycles. The summed E-state index contributed by atoms with van der Waals surface area (Å²) in [5, 5.41) is 2.95. The number of fused-ring (bicyclic) bond motifs is 1. The van der Waals surface area contributed by atoms with Crippen LogP contribution in [0.3, 0.4) is 0 Å². The number of rotatable bonds is 7. The van der Waals surface area contributed by atoms with Crippen LogP contribution >= 0.6 is 0 Å². The van der Waals surface area contributed by atoms with E-state index in [4.69, 9.17) is 4.74 Å². The first-order chi connectivity index (χ1) is 14.7. The number of hydrogen-bond acceptors (Lipinski definition) is 4. The Morgan fingerprint density at radius 1 is 1.07 bits per heavy atom. The highest BCUT2D eigenvalue weighted by Gasteiger charge is 2.21. The summed E-state index contributed by atoms with van der Waals surface area (Å²) in [6.45, 7) is 6.57. The predicted molar refractivity (Wildman–Crippen MR) is 117 cm³/mol. The first-order valence-corrected chi connectivity index (χ1v) is 10.5. The first-order valence-electron chi connectivity index (χ1n) is 10.5. The number of carbonyl (C=O) groups excluding carboxylic acids is 1. The molecule has 6 heteroatoms. The van der Waals surface area contributed by atoms with Crippen molar-refractivity contribution in [3.8, 4) is 5.75 Å². The van der Waals surface area contributed by atoms with Crippen molar-refractivity contribution in [1.29, 1.82) is 0 Å². The highest BCUT2D eigenvalue weighted by atomic mass is 16.5. The van der Waals surface area contributed by atoms with E-state index >= 15 is 0 Å². The molecule has 1 aliphatic rings. The molecule has 4 rings (SSSR count). The normalized spacial score (nSPS) is 14.0. The highest BCUT2D eigenvalue weighted by molar-refractivity contribution is 5.92. The van der Waals surface area contributed by atoms with Crippen LogP contribution in [0, 0.1) is 6.92 Å². The van der Waals surface area contributed by atoms with Gasteiger partial charge in [-0.2, -0.15) is 0 Å². The predicted octanol–water partition coefficient (Wildman–Crippen LogP) is 3.06. The Morgan fingerprint density at radius 3 is 2.70 bits per heavy atom. The van der Waals surface area contributed by atoms with Crippen LogP contribution in [-0.4, -0.2) is 46.6 Å². The molecule has 6 nitrogen and oxygen atoms in total. The molecule has 1 N–H and O–H groups in total. The van der Waals surface area contributed by atoms with Crippen molar-refractivity contribution in [2.75, 3.05) is 26.2 Å². The van der Waals surface area contributed by atoms with Gasteiger partial charge in [-0.15, -0.1) is 0 Å². The molecule has 30 heavy (non-hydrogen) atoms. The lowest BCUT2D eigenvalue weighted by molar-refractivity contribution is 0.0937. The van der Waals surface area contributed by atoms with Crippen LogP contribution in [-0.2, 0) is 19.5 Å². The number of benzene rings is 2. The maximum atomic E-state index is 12.7. The Balaban J connectivity index is 1.31. The molecule has 1 aliphatic heterocycles. The summed E-state index contributed by atoms with van der Waals surface area (Å²) in [4.78, 5) is 19.6. The minimum atomic E-state index is -0.0993. The second-order valence-electron chi connectivity index (χ2n) is 7.58. The van der Waals surface area contributed by atoms with Gasteiger partial charge in [0.2, 0.25) is 0 Å². The molecule has 0 atom stereocenters. The van der Waals surface area contributed by atoms with Crippen molar-refractivity contribution in [2.45, 2.75) is 26.4 Å². The molecular formula is C24H28N4O2. The molecule has 0 spiro atoms. The summed E-state index contributed by atoms with van der Waals surface area (Å²) >= 11 is 0. The van der Waals surface area contributed by atoms with Gasteiger partial charge in [0.25, 0.3) is 5.91 Å². The molecule has 2 aromatic carbocycles. The van der Waals surface area contributed by atoms with Crippen molar-refractivity contribution in [2.24, 2.45) is 0 Å². The number of hydrogen-bond donors (Lipinski definition) is 1. The van der Waals surface area contributed by atoms with Gasteiger partial charge in [-0.25, -0.2) is 4.98 Å². The summed E-state index contributed by atoms with van der Waals surface area (Å²) in [6.07, 6.45) is 2.54. The number of aryl methyl sites for hydroxylation is 1. The maximum absolute atomic E-state index is 12.7. The Kier molecular flexibility index (Phi) is 6.44. The Labute approximate surface area is 177 Å². The average molecular weight is 405 g/mol. The third-order valence-corrected chi connectivity index (χ3v) is 5.52. The maximum Gasteiger partial charge on any atom is 0.269 e. The molecule has 1 amide bonds. The van der Waals surface area contributed by atoms with E-state index in [9.17, 15) is 4.79 Å². The summed E-state index contributed by atoms with van der Waals surface area (Å²) in [5.74, 6) is 1.68. The minimum Gasteiger partial charge on any atom is -0.492 e. The lowest BCUT2D eigenvalue weighted by Crippen LogP contribution is -2.31. The molecule has 1 aromatic heterocycles. The van der Waals surface area contributed by atoms with Gasteiger partial charge in [-0.1, -0.05) is 42.5 Å². The number of para-hydroxylation sites is 1. The van der Waals surface area contributed by atoms with Crippen molar-refractivity contribution >= 4 is 5.91 Å². The first kappa shape index (κ1) is 20.2. The molecule has 2 heterocycles. The fourth-order valence-electron chi connectivity index (χ4n) is 3.78. The molecule has 3 aromatic rings. The van der Waals surface area contributed by atoms with E-state index in [2.05, 4.69) is 51.0 Å². The van der Waals surface area contributed by atoms with Gasteiger partial charge >= 0.3 is 0 Å². The molecule has 0 radical (unpaired) electrons. The number of ether oxygens (including phenoxy) is 1. The van der Waals surface area contributed by atoms with E-state index in [1.54, 1.807) is 6.20 Å². The van der Waals surface area contributed by atoms with Crippen molar-refractivity contribution in [3.05, 3.63) is 83.4 Å². The SMILES string of the molecule is Cc1ccccc1CN1CCc2ncc(C(=O)NCCOc3ccccc3)n2CC1. The zero-order valence-corrected chi connectivity index (χ0v) is 17.4. The van der Waals surface area contributed by atoms with Crippen LogP contribution in [0.1, 0.15) is 27.4 Å². The van der Waals surface area contributed by atoms with E-state index < -0.39 is 0 Å². The zero-order valence-electron chi connectivity index (χ0n) is 17.4. The fourth-order valence-corrected chi connectivity index (χ4v) is 3.78. The highest BCUT2D eigenvalue weighted by Crippen LogP contribution is 2.16. The van der Waals surface area contributed by atoms with Crippen LogP contribution in [0.5, 0.6) is 5.75 Å². The third-order valence-electron chi connectivity index (χ3n) is 5.52. The third kappa shape index (κ3) is 4.89. The summed E-state index contributed by atoms with van der Waals surface area (Å²) in [6, 6.07) is 18.1. The zero-order chi connectivity index (χ0) is 20.8. The summed E-state index contributed by atoms with van der Waals surface area (Å²) in [5.41, 5.74) is 3.30. The molecule has 0 aliphatic carbocycles. The molecule has 0 bridgehead atoms. The van der Waals surface area contributed by atoms with Crippen LogP contribution in [0.15, 0.2) is 60.8 Å². The largest absolute Gasteiger partial charge is 0.492 e. The van der Waals surface area contributed by atoms with E-state index in [1.165, 1.54) is 11.1 Å². The fraction of sp³-hybridized carbons (Fsp3) is 0.333. The Bertz CT molecular complexity index is 984. The topological polar surface area (TPSA) is 59.4 Å². The van der Waals surface area contributed by atoms with Crippen molar-refractivity contribution in [3.63, 3.8) is 0 Å². The molecule has 0 fully saturated rings. The van der Waals surface area contributed by atoms with Crippen LogP contribution < -0.4 is 10.1 Å². The average Bonchev–Trinajstić information content (AvgIpc) is 3.08. The monoisotopic (exact) mass is 404 g/mol. The number of nitrogens with zero attached hydrogens (tertiary/aromatic N) is 3.